The molecule has 4 nitrogen and oxygen atoms in total. The molecule has 0 saturated carbocycles. The van der Waals surface area contributed by atoms with Crippen LogP contribution in [-0.2, 0) is 0 Å². The summed E-state index contributed by atoms with van der Waals surface area (Å²) in [5.41, 5.74) is 2.61. The number of hydrogen-bond donors (Lipinski definition) is 1. The van der Waals surface area contributed by atoms with Crippen molar-refractivity contribution in [1.82, 2.24) is 14.5 Å². The smallest absolute Gasteiger partial charge is 0.267 e. The van der Waals surface area contributed by atoms with Gasteiger partial charge in [0.2, 0.25) is 0 Å². The average molecular weight is 303 g/mol. The summed E-state index contributed by atoms with van der Waals surface area (Å²) in [6.45, 7) is 5.91. The van der Waals surface area contributed by atoms with Gasteiger partial charge in [-0.2, -0.15) is 0 Å². The van der Waals surface area contributed by atoms with E-state index in [4.69, 9.17) is 12.2 Å². The number of rotatable bonds is 1. The molecule has 0 radical (unpaired) electrons. The summed E-state index contributed by atoms with van der Waals surface area (Å²) in [6.07, 6.45) is 3.40. The van der Waals surface area contributed by atoms with Gasteiger partial charge in [-0.25, -0.2) is 0 Å². The third-order valence-electron chi connectivity index (χ3n) is 3.34. The molecule has 3 rings (SSSR count). The highest BCUT2D eigenvalue weighted by molar-refractivity contribution is 7.71. The topological polar surface area (TPSA) is 50.7 Å². The number of nitrogens with zero attached hydrogens (tertiary/aromatic N) is 2. The molecule has 0 fully saturated rings. The number of aromatic amines is 1. The molecule has 3 heterocycles. The highest BCUT2D eigenvalue weighted by Gasteiger charge is 2.13. The third kappa shape index (κ3) is 1.92. The Kier molecular flexibility index (Phi) is 3.07. The molecule has 0 spiro atoms. The Morgan fingerprint density at radius 2 is 2.05 bits per heavy atom. The molecule has 0 aliphatic rings. The van der Waals surface area contributed by atoms with E-state index in [-0.39, 0.29) is 5.56 Å². The van der Waals surface area contributed by atoms with Crippen molar-refractivity contribution in [2.45, 2.75) is 20.8 Å². The Balaban J connectivity index is 2.46. The van der Waals surface area contributed by atoms with Crippen LogP contribution in [-0.4, -0.2) is 14.5 Å². The van der Waals surface area contributed by atoms with Crippen LogP contribution in [0.1, 0.15) is 16.0 Å². The Hall–Kier alpha value is -1.79. The zero-order valence-corrected chi connectivity index (χ0v) is 13.0. The predicted molar refractivity (Wildman–Crippen MR) is 84.6 cm³/mol. The van der Waals surface area contributed by atoms with Gasteiger partial charge in [0, 0.05) is 11.1 Å². The molecule has 0 unspecified atom stereocenters. The van der Waals surface area contributed by atoms with E-state index in [1.807, 2.05) is 26.8 Å². The van der Waals surface area contributed by atoms with Crippen molar-refractivity contribution in [1.29, 1.82) is 0 Å². The van der Waals surface area contributed by atoms with Crippen molar-refractivity contribution in [3.8, 4) is 5.69 Å². The number of aryl methyl sites for hydroxylation is 3. The van der Waals surface area contributed by atoms with Gasteiger partial charge in [0.05, 0.1) is 17.3 Å². The fourth-order valence-corrected chi connectivity index (χ4v) is 3.63. The number of hydrogen-bond acceptors (Lipinski definition) is 4. The molecule has 102 valence electrons. The molecule has 0 aromatic carbocycles. The minimum atomic E-state index is -0.0852. The van der Waals surface area contributed by atoms with E-state index < -0.39 is 0 Å². The largest absolute Gasteiger partial charge is 0.323 e. The number of nitrogens with one attached hydrogen (secondary N) is 1. The molecule has 1 N–H and O–H groups in total. The lowest BCUT2D eigenvalue weighted by Crippen LogP contribution is -2.20. The molecule has 3 aromatic rings. The van der Waals surface area contributed by atoms with Crippen LogP contribution < -0.4 is 5.56 Å². The maximum atomic E-state index is 12.8. The number of fused-ring (bicyclic) bond motifs is 1. The second-order valence-corrected chi connectivity index (χ2v) is 6.39. The first-order valence-electron chi connectivity index (χ1n) is 6.16. The van der Waals surface area contributed by atoms with Crippen LogP contribution in [0.5, 0.6) is 0 Å². The van der Waals surface area contributed by atoms with Crippen LogP contribution in [0.25, 0.3) is 15.9 Å². The summed E-state index contributed by atoms with van der Waals surface area (Å²) >= 11 is 6.89. The van der Waals surface area contributed by atoms with Crippen molar-refractivity contribution in [3.63, 3.8) is 0 Å². The van der Waals surface area contributed by atoms with Gasteiger partial charge in [-0.05, 0) is 50.2 Å². The van der Waals surface area contributed by atoms with Gasteiger partial charge in [0.15, 0.2) is 4.77 Å². The van der Waals surface area contributed by atoms with E-state index in [0.29, 0.717) is 15.8 Å². The van der Waals surface area contributed by atoms with E-state index in [0.717, 1.165) is 20.8 Å². The number of pyridine rings is 1. The zero-order valence-electron chi connectivity index (χ0n) is 11.4. The van der Waals surface area contributed by atoms with Crippen LogP contribution in [0.15, 0.2) is 23.3 Å². The summed E-state index contributed by atoms with van der Waals surface area (Å²) in [5, 5.41) is 0.711. The minimum absolute atomic E-state index is 0.0852. The second kappa shape index (κ2) is 4.64. The van der Waals surface area contributed by atoms with E-state index in [1.165, 1.54) is 4.57 Å². The van der Waals surface area contributed by atoms with Crippen molar-refractivity contribution in [3.05, 3.63) is 49.6 Å². The van der Waals surface area contributed by atoms with Crippen LogP contribution in [0.2, 0.25) is 0 Å². The van der Waals surface area contributed by atoms with Gasteiger partial charge in [0.25, 0.3) is 5.56 Å². The molecule has 0 amide bonds. The maximum Gasteiger partial charge on any atom is 0.267 e. The molecule has 6 heteroatoms. The summed E-state index contributed by atoms with van der Waals surface area (Å²) in [4.78, 5) is 22.0. The molecule has 0 bridgehead atoms. The lowest BCUT2D eigenvalue weighted by atomic mass is 10.2. The summed E-state index contributed by atoms with van der Waals surface area (Å²) in [6, 6.07) is 1.90. The van der Waals surface area contributed by atoms with Gasteiger partial charge >= 0.3 is 0 Å². The molecule has 0 atom stereocenters. The van der Waals surface area contributed by atoms with Crippen molar-refractivity contribution in [2.24, 2.45) is 0 Å². The van der Waals surface area contributed by atoms with Gasteiger partial charge in [-0.3, -0.25) is 14.3 Å². The first-order chi connectivity index (χ1) is 9.49. The number of thiophene rings is 1. The Morgan fingerprint density at radius 1 is 1.30 bits per heavy atom. The van der Waals surface area contributed by atoms with Gasteiger partial charge in [-0.15, -0.1) is 11.3 Å². The van der Waals surface area contributed by atoms with Gasteiger partial charge in [0.1, 0.15) is 4.83 Å². The van der Waals surface area contributed by atoms with Crippen LogP contribution in [0.4, 0.5) is 0 Å². The summed E-state index contributed by atoms with van der Waals surface area (Å²) < 4.78 is 1.91. The quantitative estimate of drug-likeness (QED) is 0.701. The standard InChI is InChI=1S/C14H13N3OS2/c1-7-4-10(6-15-5-7)17-13(18)11-8(2)9(3)20-12(11)16-14(17)19/h4-6H,1-3H3,(H,16,19). The van der Waals surface area contributed by atoms with Gasteiger partial charge in [-0.1, -0.05) is 0 Å². The fraction of sp³-hybridized carbons (Fsp3) is 0.214. The van der Waals surface area contributed by atoms with Crippen molar-refractivity contribution < 1.29 is 0 Å². The molecular formula is C14H13N3OS2. The molecular weight excluding hydrogens is 290 g/mol. The Morgan fingerprint density at radius 3 is 2.75 bits per heavy atom. The van der Waals surface area contributed by atoms with Crippen LogP contribution in [0.3, 0.4) is 0 Å². The van der Waals surface area contributed by atoms with Crippen LogP contribution >= 0.6 is 23.6 Å². The normalized spacial score (nSPS) is 11.2. The first-order valence-corrected chi connectivity index (χ1v) is 7.38. The summed E-state index contributed by atoms with van der Waals surface area (Å²) in [7, 11) is 0. The van der Waals surface area contributed by atoms with Crippen LogP contribution in [0, 0.1) is 25.5 Å². The van der Waals surface area contributed by atoms with E-state index >= 15 is 0 Å². The fourth-order valence-electron chi connectivity index (χ4n) is 2.23. The molecule has 0 aliphatic heterocycles. The third-order valence-corrected chi connectivity index (χ3v) is 4.75. The zero-order chi connectivity index (χ0) is 14.4. The number of aromatic nitrogens is 3. The second-order valence-electron chi connectivity index (χ2n) is 4.78. The monoisotopic (exact) mass is 303 g/mol. The lowest BCUT2D eigenvalue weighted by Gasteiger charge is -2.07. The Bertz CT molecular complexity index is 934. The average Bonchev–Trinajstić information content (AvgIpc) is 2.65. The maximum absolute atomic E-state index is 12.8. The number of H-pyrrole nitrogens is 1. The highest BCUT2D eigenvalue weighted by atomic mass is 32.1. The predicted octanol–water partition coefficient (Wildman–Crippen LogP) is 3.43. The van der Waals surface area contributed by atoms with Crippen molar-refractivity contribution in [2.75, 3.05) is 0 Å². The molecule has 0 aliphatic carbocycles. The lowest BCUT2D eigenvalue weighted by molar-refractivity contribution is 0.930. The van der Waals surface area contributed by atoms with E-state index in [2.05, 4.69) is 9.97 Å². The minimum Gasteiger partial charge on any atom is -0.323 e. The first kappa shape index (κ1) is 13.2. The molecule has 0 saturated heterocycles. The van der Waals surface area contributed by atoms with Gasteiger partial charge < -0.3 is 4.98 Å². The van der Waals surface area contributed by atoms with Crippen molar-refractivity contribution >= 4 is 33.8 Å². The Labute approximate surface area is 124 Å². The summed E-state index contributed by atoms with van der Waals surface area (Å²) in [5.74, 6) is 0. The van der Waals surface area contributed by atoms with E-state index in [1.54, 1.807) is 23.7 Å². The molecule has 20 heavy (non-hydrogen) atoms. The molecule has 3 aromatic heterocycles. The highest BCUT2D eigenvalue weighted by Crippen LogP contribution is 2.26. The van der Waals surface area contributed by atoms with E-state index in [9.17, 15) is 4.79 Å². The SMILES string of the molecule is Cc1cncc(-n2c(=S)[nH]c3sc(C)c(C)c3c2=O)c1.